The molecule has 0 radical (unpaired) electrons. The fourth-order valence-electron chi connectivity index (χ4n) is 1.69. The van der Waals surface area contributed by atoms with Gasteiger partial charge in [0.1, 0.15) is 0 Å². The first kappa shape index (κ1) is 13.1. The standard InChI is InChI=1S/C15H11ClN2O/c16-14-7-2-1-5-12(14)9-15(19)18-13-6-3-4-11(8-13)10-17/h1-8H,9H2,(H,18,19). The van der Waals surface area contributed by atoms with E-state index in [-0.39, 0.29) is 12.3 Å². The molecule has 3 nitrogen and oxygen atoms in total. The number of rotatable bonds is 3. The van der Waals surface area contributed by atoms with Crippen LogP contribution in [0.4, 0.5) is 5.69 Å². The van der Waals surface area contributed by atoms with Crippen LogP contribution >= 0.6 is 11.6 Å². The summed E-state index contributed by atoms with van der Waals surface area (Å²) >= 11 is 6.00. The molecule has 2 rings (SSSR count). The summed E-state index contributed by atoms with van der Waals surface area (Å²) in [6.07, 6.45) is 0.205. The van der Waals surface area contributed by atoms with Crippen molar-refractivity contribution in [2.45, 2.75) is 6.42 Å². The van der Waals surface area contributed by atoms with Crippen LogP contribution in [0.2, 0.25) is 5.02 Å². The number of halogens is 1. The van der Waals surface area contributed by atoms with Crippen molar-refractivity contribution in [3.63, 3.8) is 0 Å². The Balaban J connectivity index is 2.06. The van der Waals surface area contributed by atoms with Gasteiger partial charge in [-0.15, -0.1) is 0 Å². The van der Waals surface area contributed by atoms with Gasteiger partial charge in [-0.1, -0.05) is 35.9 Å². The summed E-state index contributed by atoms with van der Waals surface area (Å²) in [7, 11) is 0. The van der Waals surface area contributed by atoms with Gasteiger partial charge in [0.25, 0.3) is 0 Å². The Morgan fingerprint density at radius 2 is 2.00 bits per heavy atom. The first-order valence-electron chi connectivity index (χ1n) is 5.72. The highest BCUT2D eigenvalue weighted by atomic mass is 35.5. The van der Waals surface area contributed by atoms with Gasteiger partial charge in [0.05, 0.1) is 18.1 Å². The van der Waals surface area contributed by atoms with E-state index in [2.05, 4.69) is 5.32 Å². The summed E-state index contributed by atoms with van der Waals surface area (Å²) in [5.74, 6) is -0.164. The molecule has 0 fully saturated rings. The van der Waals surface area contributed by atoms with Crippen molar-refractivity contribution in [3.05, 3.63) is 64.7 Å². The van der Waals surface area contributed by atoms with Gasteiger partial charge in [-0.25, -0.2) is 0 Å². The number of hydrogen-bond donors (Lipinski definition) is 1. The summed E-state index contributed by atoms with van der Waals surface area (Å²) in [5.41, 5.74) is 1.89. The molecule has 0 saturated heterocycles. The van der Waals surface area contributed by atoms with E-state index in [4.69, 9.17) is 16.9 Å². The zero-order valence-electron chi connectivity index (χ0n) is 10.1. The third-order valence-corrected chi connectivity index (χ3v) is 2.95. The van der Waals surface area contributed by atoms with Crippen LogP contribution in [0, 0.1) is 11.3 Å². The van der Waals surface area contributed by atoms with Gasteiger partial charge in [-0.05, 0) is 29.8 Å². The Morgan fingerprint density at radius 3 is 2.74 bits per heavy atom. The van der Waals surface area contributed by atoms with Crippen LogP contribution < -0.4 is 5.32 Å². The van der Waals surface area contributed by atoms with Crippen molar-refractivity contribution in [2.75, 3.05) is 5.32 Å². The van der Waals surface area contributed by atoms with E-state index < -0.39 is 0 Å². The van der Waals surface area contributed by atoms with Crippen LogP contribution in [-0.2, 0) is 11.2 Å². The quantitative estimate of drug-likeness (QED) is 0.929. The second kappa shape index (κ2) is 6.03. The third-order valence-electron chi connectivity index (χ3n) is 2.58. The molecule has 0 atom stereocenters. The maximum atomic E-state index is 11.9. The van der Waals surface area contributed by atoms with Gasteiger partial charge >= 0.3 is 0 Å². The SMILES string of the molecule is N#Cc1cccc(NC(=O)Cc2ccccc2Cl)c1. The Hall–Kier alpha value is -2.31. The molecule has 0 aliphatic carbocycles. The lowest BCUT2D eigenvalue weighted by atomic mass is 10.1. The summed E-state index contributed by atoms with van der Waals surface area (Å²) in [6.45, 7) is 0. The normalized spacial score (nSPS) is 9.68. The van der Waals surface area contributed by atoms with Crippen LogP contribution in [0.3, 0.4) is 0 Å². The van der Waals surface area contributed by atoms with Crippen LogP contribution in [-0.4, -0.2) is 5.91 Å². The van der Waals surface area contributed by atoms with Crippen LogP contribution in [0.25, 0.3) is 0 Å². The number of hydrogen-bond acceptors (Lipinski definition) is 2. The number of amides is 1. The molecule has 2 aromatic rings. The van der Waals surface area contributed by atoms with Crippen molar-refractivity contribution in [3.8, 4) is 6.07 Å². The van der Waals surface area contributed by atoms with Gasteiger partial charge in [0.2, 0.25) is 5.91 Å². The van der Waals surface area contributed by atoms with E-state index >= 15 is 0 Å². The smallest absolute Gasteiger partial charge is 0.228 e. The second-order valence-corrected chi connectivity index (χ2v) is 4.42. The fourth-order valence-corrected chi connectivity index (χ4v) is 1.89. The molecule has 2 aromatic carbocycles. The molecule has 0 unspecified atom stereocenters. The summed E-state index contributed by atoms with van der Waals surface area (Å²) in [6, 6.07) is 16.0. The third kappa shape index (κ3) is 3.57. The first-order valence-corrected chi connectivity index (χ1v) is 6.10. The molecule has 0 spiro atoms. The highest BCUT2D eigenvalue weighted by Crippen LogP contribution is 2.16. The number of carbonyl (C=O) groups excluding carboxylic acids is 1. The van der Waals surface area contributed by atoms with Gasteiger partial charge in [0, 0.05) is 10.7 Å². The largest absolute Gasteiger partial charge is 0.326 e. The van der Waals surface area contributed by atoms with E-state index in [9.17, 15) is 4.79 Å². The first-order chi connectivity index (χ1) is 9.19. The van der Waals surface area contributed by atoms with Gasteiger partial charge in [-0.3, -0.25) is 4.79 Å². The highest BCUT2D eigenvalue weighted by Gasteiger charge is 2.07. The van der Waals surface area contributed by atoms with Crippen molar-refractivity contribution < 1.29 is 4.79 Å². The Labute approximate surface area is 116 Å². The highest BCUT2D eigenvalue weighted by molar-refractivity contribution is 6.31. The molecular weight excluding hydrogens is 260 g/mol. The van der Waals surface area contributed by atoms with E-state index in [1.165, 1.54) is 0 Å². The average molecular weight is 271 g/mol. The van der Waals surface area contributed by atoms with E-state index in [0.717, 1.165) is 5.56 Å². The topological polar surface area (TPSA) is 52.9 Å². The van der Waals surface area contributed by atoms with E-state index in [0.29, 0.717) is 16.3 Å². The van der Waals surface area contributed by atoms with Crippen molar-refractivity contribution in [1.29, 1.82) is 5.26 Å². The van der Waals surface area contributed by atoms with E-state index in [1.54, 1.807) is 30.3 Å². The Kier molecular flexibility index (Phi) is 4.17. The van der Waals surface area contributed by atoms with Crippen LogP contribution in [0.1, 0.15) is 11.1 Å². The molecule has 0 saturated carbocycles. The molecule has 0 heterocycles. The number of nitrogens with zero attached hydrogens (tertiary/aromatic N) is 1. The molecule has 19 heavy (non-hydrogen) atoms. The van der Waals surface area contributed by atoms with Gasteiger partial charge in [-0.2, -0.15) is 5.26 Å². The lowest BCUT2D eigenvalue weighted by Crippen LogP contribution is -2.14. The molecule has 4 heteroatoms. The molecule has 94 valence electrons. The molecule has 0 aromatic heterocycles. The molecule has 1 amide bonds. The maximum Gasteiger partial charge on any atom is 0.228 e. The molecule has 0 aliphatic heterocycles. The predicted molar refractivity (Wildman–Crippen MR) is 74.9 cm³/mol. The molecule has 0 aliphatic rings. The Morgan fingerprint density at radius 1 is 1.21 bits per heavy atom. The number of nitrogens with one attached hydrogen (secondary N) is 1. The van der Waals surface area contributed by atoms with E-state index in [1.807, 2.05) is 24.3 Å². The summed E-state index contributed by atoms with van der Waals surface area (Å²) < 4.78 is 0. The van der Waals surface area contributed by atoms with Crippen molar-refractivity contribution in [1.82, 2.24) is 0 Å². The number of anilines is 1. The van der Waals surface area contributed by atoms with Crippen molar-refractivity contribution >= 4 is 23.2 Å². The van der Waals surface area contributed by atoms with Crippen LogP contribution in [0.15, 0.2) is 48.5 Å². The number of benzene rings is 2. The minimum atomic E-state index is -0.164. The zero-order chi connectivity index (χ0) is 13.7. The van der Waals surface area contributed by atoms with Gasteiger partial charge < -0.3 is 5.32 Å². The second-order valence-electron chi connectivity index (χ2n) is 4.01. The Bertz CT molecular complexity index is 647. The molecular formula is C15H11ClN2O. The number of carbonyl (C=O) groups is 1. The molecule has 0 bridgehead atoms. The maximum absolute atomic E-state index is 11.9. The summed E-state index contributed by atoms with van der Waals surface area (Å²) in [5, 5.41) is 12.1. The van der Waals surface area contributed by atoms with Gasteiger partial charge in [0.15, 0.2) is 0 Å². The van der Waals surface area contributed by atoms with Crippen LogP contribution in [0.5, 0.6) is 0 Å². The monoisotopic (exact) mass is 270 g/mol. The lowest BCUT2D eigenvalue weighted by molar-refractivity contribution is -0.115. The zero-order valence-corrected chi connectivity index (χ0v) is 10.8. The van der Waals surface area contributed by atoms with Crippen molar-refractivity contribution in [2.24, 2.45) is 0 Å². The minimum absolute atomic E-state index is 0.164. The minimum Gasteiger partial charge on any atom is -0.326 e. The number of nitriles is 1. The fraction of sp³-hybridized carbons (Fsp3) is 0.0667. The predicted octanol–water partition coefficient (Wildman–Crippen LogP) is 3.39. The average Bonchev–Trinajstić information content (AvgIpc) is 2.41. The molecule has 1 N–H and O–H groups in total. The summed E-state index contributed by atoms with van der Waals surface area (Å²) in [4.78, 5) is 11.9. The lowest BCUT2D eigenvalue weighted by Gasteiger charge is -2.06.